The van der Waals surface area contributed by atoms with Gasteiger partial charge in [0.25, 0.3) is 5.56 Å². The van der Waals surface area contributed by atoms with Crippen LogP contribution in [0, 0.1) is 5.41 Å². The van der Waals surface area contributed by atoms with Crippen LogP contribution in [0.5, 0.6) is 0 Å². The number of pyridine rings is 1. The van der Waals surface area contributed by atoms with Gasteiger partial charge in [0.05, 0.1) is 6.54 Å². The predicted octanol–water partition coefficient (Wildman–Crippen LogP) is 2.17. The van der Waals surface area contributed by atoms with E-state index in [0.717, 1.165) is 11.4 Å². The third kappa shape index (κ3) is 4.60. The molecule has 0 atom stereocenters. The van der Waals surface area contributed by atoms with Crippen LogP contribution in [0.25, 0.3) is 5.69 Å². The van der Waals surface area contributed by atoms with E-state index in [4.69, 9.17) is 11.1 Å². The van der Waals surface area contributed by atoms with Crippen LogP contribution in [0.15, 0.2) is 77.7 Å². The van der Waals surface area contributed by atoms with Gasteiger partial charge in [0.15, 0.2) is 0 Å². The second-order valence-corrected chi connectivity index (χ2v) is 5.85. The van der Waals surface area contributed by atoms with Gasteiger partial charge < -0.3 is 16.4 Å². The fourth-order valence-electron chi connectivity index (χ4n) is 2.53. The van der Waals surface area contributed by atoms with E-state index < -0.39 is 0 Å². The lowest BCUT2D eigenvalue weighted by Crippen LogP contribution is -2.22. The highest BCUT2D eigenvalue weighted by molar-refractivity contribution is 5.98. The Kier molecular flexibility index (Phi) is 5.32. The molecule has 7 heteroatoms. The molecule has 0 aliphatic carbocycles. The summed E-state index contributed by atoms with van der Waals surface area (Å²) in [6, 6.07) is 19.0. The molecule has 3 rings (SSSR count). The van der Waals surface area contributed by atoms with Gasteiger partial charge in [0.2, 0.25) is 5.91 Å². The molecule has 0 aliphatic rings. The molecule has 1 amide bonds. The standard InChI is InChI=1S/C20H19N5O2/c21-20(22)14-4-3-5-16(12-14)24-18(26)13-23-15-7-9-17(10-8-15)25-11-2-1-6-19(25)27/h1-12,23H,13H2,(H3,21,22)(H,24,26). The maximum atomic E-state index is 12.1. The van der Waals surface area contributed by atoms with Gasteiger partial charge in [-0.3, -0.25) is 19.6 Å². The fraction of sp³-hybridized carbons (Fsp3) is 0.0500. The van der Waals surface area contributed by atoms with Crippen LogP contribution in [0.4, 0.5) is 11.4 Å². The normalized spacial score (nSPS) is 10.2. The van der Waals surface area contributed by atoms with Crippen molar-refractivity contribution < 1.29 is 4.79 Å². The number of nitrogen functional groups attached to an aromatic ring is 1. The average molecular weight is 361 g/mol. The first-order valence-corrected chi connectivity index (χ1v) is 8.29. The minimum Gasteiger partial charge on any atom is -0.384 e. The van der Waals surface area contributed by atoms with Crippen molar-refractivity contribution in [3.05, 3.63) is 88.8 Å². The molecule has 0 radical (unpaired) electrons. The highest BCUT2D eigenvalue weighted by atomic mass is 16.2. The quantitative estimate of drug-likeness (QED) is 0.398. The average Bonchev–Trinajstić information content (AvgIpc) is 2.67. The summed E-state index contributed by atoms with van der Waals surface area (Å²) in [6.45, 7) is 0.0783. The van der Waals surface area contributed by atoms with E-state index in [0.29, 0.717) is 11.3 Å². The van der Waals surface area contributed by atoms with E-state index in [1.54, 1.807) is 71.4 Å². The summed E-state index contributed by atoms with van der Waals surface area (Å²) in [6.07, 6.45) is 1.70. The van der Waals surface area contributed by atoms with Gasteiger partial charge >= 0.3 is 0 Å². The van der Waals surface area contributed by atoms with Crippen LogP contribution in [-0.2, 0) is 4.79 Å². The SMILES string of the molecule is N=C(N)c1cccc(NC(=O)CNc2ccc(-n3ccccc3=O)cc2)c1. The summed E-state index contributed by atoms with van der Waals surface area (Å²) in [4.78, 5) is 23.9. The first-order chi connectivity index (χ1) is 13.0. The maximum absolute atomic E-state index is 12.1. The molecular formula is C20H19N5O2. The third-order valence-electron chi connectivity index (χ3n) is 3.88. The number of nitrogens with zero attached hydrogens (tertiary/aromatic N) is 1. The lowest BCUT2D eigenvalue weighted by molar-refractivity contribution is -0.114. The number of anilines is 2. The van der Waals surface area contributed by atoms with E-state index in [2.05, 4.69) is 10.6 Å². The van der Waals surface area contributed by atoms with Gasteiger partial charge in [-0.25, -0.2) is 0 Å². The second-order valence-electron chi connectivity index (χ2n) is 5.85. The van der Waals surface area contributed by atoms with Crippen molar-refractivity contribution in [1.82, 2.24) is 4.57 Å². The molecule has 2 aromatic carbocycles. The molecule has 3 aromatic rings. The van der Waals surface area contributed by atoms with Gasteiger partial charge in [-0.1, -0.05) is 18.2 Å². The number of carbonyl (C=O) groups is 1. The molecule has 0 bridgehead atoms. The number of benzene rings is 2. The Labute approximate surface area is 156 Å². The number of amidine groups is 1. The first kappa shape index (κ1) is 17.9. The Morgan fingerprint density at radius 3 is 2.48 bits per heavy atom. The Hall–Kier alpha value is -3.87. The minimum atomic E-state index is -0.223. The van der Waals surface area contributed by atoms with E-state index in [9.17, 15) is 9.59 Å². The van der Waals surface area contributed by atoms with E-state index >= 15 is 0 Å². The maximum Gasteiger partial charge on any atom is 0.255 e. The molecule has 27 heavy (non-hydrogen) atoms. The van der Waals surface area contributed by atoms with Crippen molar-refractivity contribution in [3.63, 3.8) is 0 Å². The zero-order valence-electron chi connectivity index (χ0n) is 14.5. The molecule has 1 heterocycles. The van der Waals surface area contributed by atoms with Gasteiger partial charge in [-0.05, 0) is 42.5 Å². The van der Waals surface area contributed by atoms with Crippen LogP contribution < -0.4 is 21.9 Å². The van der Waals surface area contributed by atoms with Crippen molar-refractivity contribution in [2.45, 2.75) is 0 Å². The molecule has 0 saturated carbocycles. The van der Waals surface area contributed by atoms with Crippen LogP contribution >= 0.6 is 0 Å². The molecule has 1 aromatic heterocycles. The van der Waals surface area contributed by atoms with E-state index in [1.807, 2.05) is 0 Å². The number of aromatic nitrogens is 1. The van der Waals surface area contributed by atoms with Crippen molar-refractivity contribution in [2.24, 2.45) is 5.73 Å². The van der Waals surface area contributed by atoms with Gasteiger partial charge in [-0.15, -0.1) is 0 Å². The summed E-state index contributed by atoms with van der Waals surface area (Å²) in [5, 5.41) is 13.2. The van der Waals surface area contributed by atoms with Gasteiger partial charge in [0, 0.05) is 34.9 Å². The number of nitrogens with one attached hydrogen (secondary N) is 3. The Balaban J connectivity index is 1.59. The molecule has 5 N–H and O–H groups in total. The first-order valence-electron chi connectivity index (χ1n) is 8.29. The number of hydrogen-bond donors (Lipinski definition) is 4. The smallest absolute Gasteiger partial charge is 0.255 e. The molecular weight excluding hydrogens is 342 g/mol. The van der Waals surface area contributed by atoms with Gasteiger partial charge in [-0.2, -0.15) is 0 Å². The highest BCUT2D eigenvalue weighted by Gasteiger charge is 2.05. The zero-order chi connectivity index (χ0) is 19.2. The summed E-state index contributed by atoms with van der Waals surface area (Å²) in [5.41, 5.74) is 7.97. The van der Waals surface area contributed by atoms with Crippen LogP contribution in [0.2, 0.25) is 0 Å². The van der Waals surface area contributed by atoms with Crippen molar-refractivity contribution in [3.8, 4) is 5.69 Å². The molecule has 136 valence electrons. The fourth-order valence-corrected chi connectivity index (χ4v) is 2.53. The minimum absolute atomic E-state index is 0.0539. The number of nitrogens with two attached hydrogens (primary N) is 1. The zero-order valence-corrected chi connectivity index (χ0v) is 14.5. The summed E-state index contributed by atoms with van der Waals surface area (Å²) in [5.74, 6) is -0.277. The summed E-state index contributed by atoms with van der Waals surface area (Å²) < 4.78 is 1.54. The van der Waals surface area contributed by atoms with E-state index in [1.165, 1.54) is 6.07 Å². The van der Waals surface area contributed by atoms with Crippen LogP contribution in [-0.4, -0.2) is 22.9 Å². The molecule has 0 saturated heterocycles. The number of carbonyl (C=O) groups excluding carboxylic acids is 1. The van der Waals surface area contributed by atoms with Crippen molar-refractivity contribution >= 4 is 23.1 Å². The lowest BCUT2D eigenvalue weighted by atomic mass is 10.2. The van der Waals surface area contributed by atoms with Crippen molar-refractivity contribution in [2.75, 3.05) is 17.2 Å². The van der Waals surface area contributed by atoms with Crippen molar-refractivity contribution in [1.29, 1.82) is 5.41 Å². The molecule has 0 aliphatic heterocycles. The van der Waals surface area contributed by atoms with Crippen LogP contribution in [0.3, 0.4) is 0 Å². The third-order valence-corrected chi connectivity index (χ3v) is 3.88. The Morgan fingerprint density at radius 1 is 1.00 bits per heavy atom. The molecule has 0 unspecified atom stereocenters. The van der Waals surface area contributed by atoms with Gasteiger partial charge in [0.1, 0.15) is 5.84 Å². The largest absolute Gasteiger partial charge is 0.384 e. The number of amides is 1. The lowest BCUT2D eigenvalue weighted by Gasteiger charge is -2.10. The summed E-state index contributed by atoms with van der Waals surface area (Å²) >= 11 is 0. The molecule has 0 fully saturated rings. The topological polar surface area (TPSA) is 113 Å². The predicted molar refractivity (Wildman–Crippen MR) is 107 cm³/mol. The van der Waals surface area contributed by atoms with Crippen LogP contribution in [0.1, 0.15) is 5.56 Å². The molecule has 0 spiro atoms. The summed E-state index contributed by atoms with van der Waals surface area (Å²) in [7, 11) is 0. The monoisotopic (exact) mass is 361 g/mol. The Morgan fingerprint density at radius 2 is 1.78 bits per heavy atom. The second kappa shape index (κ2) is 8.01. The number of rotatable bonds is 6. The highest BCUT2D eigenvalue weighted by Crippen LogP contribution is 2.13. The Bertz CT molecular complexity index is 1020. The van der Waals surface area contributed by atoms with E-state index in [-0.39, 0.29) is 23.8 Å². The number of hydrogen-bond acceptors (Lipinski definition) is 4. The molecule has 7 nitrogen and oxygen atoms in total.